The molecule has 4 heteroatoms. The van der Waals surface area contributed by atoms with Crippen molar-refractivity contribution in [3.63, 3.8) is 0 Å². The number of hydrogen-bond donors (Lipinski definition) is 2. The van der Waals surface area contributed by atoms with Crippen molar-refractivity contribution in [3.8, 4) is 0 Å². The smallest absolute Gasteiger partial charge is 0.220 e. The van der Waals surface area contributed by atoms with Crippen molar-refractivity contribution in [2.45, 2.75) is 51.2 Å². The molecule has 1 heterocycles. The van der Waals surface area contributed by atoms with Crippen LogP contribution in [-0.4, -0.2) is 29.5 Å². The third kappa shape index (κ3) is 5.61. The molecule has 1 rings (SSSR count). The summed E-state index contributed by atoms with van der Waals surface area (Å²) in [6, 6.07) is 0. The Bertz CT molecular complexity index is 263. The highest BCUT2D eigenvalue weighted by atomic mass is 32.2. The van der Waals surface area contributed by atoms with Gasteiger partial charge in [0.2, 0.25) is 5.91 Å². The SMILES string of the molecule is CC(C)C[C@H](CN)CC(=O)NCC1(C)CCCS1. The van der Waals surface area contributed by atoms with Crippen LogP contribution in [0.5, 0.6) is 0 Å². The van der Waals surface area contributed by atoms with Gasteiger partial charge in [0.1, 0.15) is 0 Å². The van der Waals surface area contributed by atoms with Gasteiger partial charge in [-0.05, 0) is 50.3 Å². The van der Waals surface area contributed by atoms with E-state index in [0.717, 1.165) is 13.0 Å². The quantitative estimate of drug-likeness (QED) is 0.748. The van der Waals surface area contributed by atoms with Crippen LogP contribution in [0, 0.1) is 11.8 Å². The minimum Gasteiger partial charge on any atom is -0.355 e. The van der Waals surface area contributed by atoms with E-state index in [1.807, 2.05) is 11.8 Å². The van der Waals surface area contributed by atoms with E-state index in [4.69, 9.17) is 5.73 Å². The van der Waals surface area contributed by atoms with Gasteiger partial charge in [0, 0.05) is 17.7 Å². The first-order valence-corrected chi connectivity index (χ1v) is 8.04. The van der Waals surface area contributed by atoms with Gasteiger partial charge in [0.15, 0.2) is 0 Å². The van der Waals surface area contributed by atoms with E-state index in [0.29, 0.717) is 24.8 Å². The predicted molar refractivity (Wildman–Crippen MR) is 79.7 cm³/mol. The lowest BCUT2D eigenvalue weighted by molar-refractivity contribution is -0.122. The molecule has 1 aliphatic rings. The van der Waals surface area contributed by atoms with Crippen molar-refractivity contribution in [2.75, 3.05) is 18.8 Å². The number of nitrogens with two attached hydrogens (primary N) is 1. The Morgan fingerprint density at radius 1 is 1.50 bits per heavy atom. The summed E-state index contributed by atoms with van der Waals surface area (Å²) < 4.78 is 0.256. The first-order valence-electron chi connectivity index (χ1n) is 7.06. The third-order valence-electron chi connectivity index (χ3n) is 3.57. The normalized spacial score (nSPS) is 25.4. The number of hydrogen-bond acceptors (Lipinski definition) is 3. The first-order chi connectivity index (χ1) is 8.45. The monoisotopic (exact) mass is 272 g/mol. The average Bonchev–Trinajstić information content (AvgIpc) is 2.73. The Balaban J connectivity index is 2.27. The summed E-state index contributed by atoms with van der Waals surface area (Å²) in [7, 11) is 0. The molecule has 1 fully saturated rings. The van der Waals surface area contributed by atoms with Crippen molar-refractivity contribution >= 4 is 17.7 Å². The standard InChI is InChI=1S/C14H28N2OS/c1-11(2)7-12(9-15)8-13(17)16-10-14(3)5-4-6-18-14/h11-12H,4-10,15H2,1-3H3,(H,16,17)/t12-,14?/m0/s1. The highest BCUT2D eigenvalue weighted by molar-refractivity contribution is 8.00. The summed E-state index contributed by atoms with van der Waals surface area (Å²) in [6.45, 7) is 8.01. The zero-order valence-electron chi connectivity index (χ0n) is 12.0. The maximum atomic E-state index is 11.9. The van der Waals surface area contributed by atoms with Crippen molar-refractivity contribution in [1.29, 1.82) is 0 Å². The van der Waals surface area contributed by atoms with Crippen molar-refractivity contribution < 1.29 is 4.79 Å². The fraction of sp³-hybridized carbons (Fsp3) is 0.929. The highest BCUT2D eigenvalue weighted by Crippen LogP contribution is 2.36. The molecule has 1 saturated heterocycles. The van der Waals surface area contributed by atoms with Gasteiger partial charge in [0.05, 0.1) is 0 Å². The van der Waals surface area contributed by atoms with Gasteiger partial charge in [0.25, 0.3) is 0 Å². The number of amides is 1. The Morgan fingerprint density at radius 2 is 2.22 bits per heavy atom. The topological polar surface area (TPSA) is 55.1 Å². The molecule has 0 radical (unpaired) electrons. The molecule has 18 heavy (non-hydrogen) atoms. The lowest BCUT2D eigenvalue weighted by Gasteiger charge is -2.24. The molecule has 1 amide bonds. The largest absolute Gasteiger partial charge is 0.355 e. The van der Waals surface area contributed by atoms with E-state index in [1.165, 1.54) is 18.6 Å². The summed E-state index contributed by atoms with van der Waals surface area (Å²) >= 11 is 1.98. The minimum absolute atomic E-state index is 0.167. The summed E-state index contributed by atoms with van der Waals surface area (Å²) in [5.74, 6) is 2.33. The number of carbonyl (C=O) groups is 1. The zero-order chi connectivity index (χ0) is 13.6. The molecule has 3 N–H and O–H groups in total. The molecule has 0 bridgehead atoms. The van der Waals surface area contributed by atoms with Crippen molar-refractivity contribution in [2.24, 2.45) is 17.6 Å². The van der Waals surface area contributed by atoms with E-state index in [1.54, 1.807) is 0 Å². The Kier molecular flexibility index (Phi) is 6.50. The van der Waals surface area contributed by atoms with Gasteiger partial charge in [-0.1, -0.05) is 13.8 Å². The van der Waals surface area contributed by atoms with Gasteiger partial charge in [-0.3, -0.25) is 4.79 Å². The molecule has 106 valence electrons. The molecule has 0 aromatic carbocycles. The number of thioether (sulfide) groups is 1. The fourth-order valence-electron chi connectivity index (χ4n) is 2.53. The van der Waals surface area contributed by atoms with Crippen LogP contribution in [0.15, 0.2) is 0 Å². The minimum atomic E-state index is 0.167. The van der Waals surface area contributed by atoms with Gasteiger partial charge < -0.3 is 11.1 Å². The molecule has 1 unspecified atom stereocenters. The summed E-state index contributed by atoms with van der Waals surface area (Å²) in [5.41, 5.74) is 5.73. The van der Waals surface area contributed by atoms with Crippen LogP contribution in [-0.2, 0) is 4.79 Å². The average molecular weight is 272 g/mol. The second kappa shape index (κ2) is 7.39. The van der Waals surface area contributed by atoms with Gasteiger partial charge in [-0.2, -0.15) is 11.8 Å². The molecular formula is C14H28N2OS. The predicted octanol–water partition coefficient (Wildman–Crippen LogP) is 2.40. The Morgan fingerprint density at radius 3 is 2.72 bits per heavy atom. The summed E-state index contributed by atoms with van der Waals surface area (Å²) in [6.07, 6.45) is 4.10. The summed E-state index contributed by atoms with van der Waals surface area (Å²) in [5, 5.41) is 3.09. The van der Waals surface area contributed by atoms with Gasteiger partial charge in [-0.25, -0.2) is 0 Å². The van der Waals surface area contributed by atoms with Crippen molar-refractivity contribution in [3.05, 3.63) is 0 Å². The third-order valence-corrected chi connectivity index (χ3v) is 5.11. The van der Waals surface area contributed by atoms with E-state index in [-0.39, 0.29) is 10.7 Å². The molecule has 3 nitrogen and oxygen atoms in total. The van der Waals surface area contributed by atoms with Crippen LogP contribution in [0.2, 0.25) is 0 Å². The molecule has 0 aromatic rings. The van der Waals surface area contributed by atoms with Crippen LogP contribution < -0.4 is 11.1 Å². The molecule has 2 atom stereocenters. The zero-order valence-corrected chi connectivity index (χ0v) is 12.8. The van der Waals surface area contributed by atoms with E-state index in [9.17, 15) is 4.79 Å². The van der Waals surface area contributed by atoms with Crippen molar-refractivity contribution in [1.82, 2.24) is 5.32 Å². The van der Waals surface area contributed by atoms with Gasteiger partial charge in [-0.15, -0.1) is 0 Å². The van der Waals surface area contributed by atoms with E-state index in [2.05, 4.69) is 26.1 Å². The lowest BCUT2D eigenvalue weighted by Crippen LogP contribution is -2.38. The Labute approximate surface area is 116 Å². The van der Waals surface area contributed by atoms with Crippen LogP contribution in [0.3, 0.4) is 0 Å². The highest BCUT2D eigenvalue weighted by Gasteiger charge is 2.29. The maximum Gasteiger partial charge on any atom is 0.220 e. The Hall–Kier alpha value is -0.220. The lowest BCUT2D eigenvalue weighted by atomic mass is 9.94. The summed E-state index contributed by atoms with van der Waals surface area (Å²) in [4.78, 5) is 11.9. The molecule has 0 aliphatic carbocycles. The number of rotatable bonds is 7. The van der Waals surface area contributed by atoms with Gasteiger partial charge >= 0.3 is 0 Å². The second-order valence-electron chi connectivity index (χ2n) is 6.11. The van der Waals surface area contributed by atoms with Crippen LogP contribution in [0.4, 0.5) is 0 Å². The van der Waals surface area contributed by atoms with Crippen LogP contribution in [0.1, 0.15) is 46.5 Å². The second-order valence-corrected chi connectivity index (χ2v) is 7.80. The molecule has 1 aliphatic heterocycles. The van der Waals surface area contributed by atoms with Crippen LogP contribution in [0.25, 0.3) is 0 Å². The van der Waals surface area contributed by atoms with Crippen LogP contribution >= 0.6 is 11.8 Å². The first kappa shape index (κ1) is 15.8. The van der Waals surface area contributed by atoms with E-state index >= 15 is 0 Å². The molecule has 0 saturated carbocycles. The molecular weight excluding hydrogens is 244 g/mol. The molecule has 0 aromatic heterocycles. The van der Waals surface area contributed by atoms with E-state index < -0.39 is 0 Å². The number of carbonyl (C=O) groups excluding carboxylic acids is 1. The molecule has 0 spiro atoms. The maximum absolute atomic E-state index is 11.9. The fourth-order valence-corrected chi connectivity index (χ4v) is 3.77. The number of nitrogens with one attached hydrogen (secondary N) is 1.